The molecule has 1 atom stereocenters. The third kappa shape index (κ3) is 5.17. The first kappa shape index (κ1) is 22.2. The molecule has 1 fully saturated rings. The molecule has 1 aromatic heterocycles. The summed E-state index contributed by atoms with van der Waals surface area (Å²) >= 11 is 7.98. The first-order valence-corrected chi connectivity index (χ1v) is 13.1. The van der Waals surface area contributed by atoms with Crippen LogP contribution in [0.2, 0.25) is 0 Å². The molecule has 28 heavy (non-hydrogen) atoms. The smallest absolute Gasteiger partial charge is 0.252 e. The Kier molecular flexibility index (Phi) is 7.60. The van der Waals surface area contributed by atoms with Crippen molar-refractivity contribution in [3.63, 3.8) is 0 Å². The second-order valence-corrected chi connectivity index (χ2v) is 12.5. The predicted octanol–water partition coefficient (Wildman–Crippen LogP) is 4.49. The van der Waals surface area contributed by atoms with Crippen LogP contribution in [-0.4, -0.2) is 63.4 Å². The minimum absolute atomic E-state index is 0.0585. The van der Waals surface area contributed by atoms with Gasteiger partial charge in [0.05, 0.1) is 3.79 Å². The van der Waals surface area contributed by atoms with E-state index in [-0.39, 0.29) is 6.04 Å². The fraction of sp³-hybridized carbons (Fsp3) is 0.474. The molecule has 0 amide bonds. The molecular formula is C19H25Br2N3O2S2. The summed E-state index contributed by atoms with van der Waals surface area (Å²) in [5.74, 6) is 0. The van der Waals surface area contributed by atoms with Gasteiger partial charge in [0.2, 0.25) is 0 Å². The highest BCUT2D eigenvalue weighted by molar-refractivity contribution is 9.13. The topological polar surface area (TPSA) is 43.9 Å². The Morgan fingerprint density at radius 1 is 1.14 bits per heavy atom. The molecule has 5 nitrogen and oxygen atoms in total. The van der Waals surface area contributed by atoms with Gasteiger partial charge in [-0.2, -0.15) is 4.31 Å². The van der Waals surface area contributed by atoms with Crippen LogP contribution in [0.3, 0.4) is 0 Å². The number of halogens is 2. The van der Waals surface area contributed by atoms with Crippen LogP contribution in [-0.2, 0) is 10.0 Å². The van der Waals surface area contributed by atoms with E-state index < -0.39 is 10.0 Å². The predicted molar refractivity (Wildman–Crippen MR) is 124 cm³/mol. The molecule has 2 aromatic rings. The fourth-order valence-electron chi connectivity index (χ4n) is 3.25. The number of piperazine rings is 1. The SMILES string of the molecule is C[C@H](CCN1CCN(c2ccccc2)CC1)N(C)S(=O)(=O)c1cc(Br)c(Br)s1. The highest BCUT2D eigenvalue weighted by Gasteiger charge is 2.28. The number of rotatable bonds is 7. The molecule has 0 radical (unpaired) electrons. The summed E-state index contributed by atoms with van der Waals surface area (Å²) in [6.45, 7) is 6.90. The lowest BCUT2D eigenvalue weighted by Gasteiger charge is -2.37. The number of anilines is 1. The average Bonchev–Trinajstić information content (AvgIpc) is 3.06. The number of hydrogen-bond donors (Lipinski definition) is 0. The van der Waals surface area contributed by atoms with Crippen molar-refractivity contribution in [1.82, 2.24) is 9.21 Å². The van der Waals surface area contributed by atoms with Gasteiger partial charge in [0, 0.05) is 49.4 Å². The molecule has 1 saturated heterocycles. The first-order valence-electron chi connectivity index (χ1n) is 9.24. The largest absolute Gasteiger partial charge is 0.369 e. The van der Waals surface area contributed by atoms with Gasteiger partial charge in [-0.3, -0.25) is 4.90 Å². The van der Waals surface area contributed by atoms with Crippen LogP contribution >= 0.6 is 43.2 Å². The van der Waals surface area contributed by atoms with Crippen molar-refractivity contribution in [1.29, 1.82) is 0 Å². The van der Waals surface area contributed by atoms with Crippen LogP contribution < -0.4 is 4.90 Å². The van der Waals surface area contributed by atoms with E-state index in [0.717, 1.165) is 47.4 Å². The summed E-state index contributed by atoms with van der Waals surface area (Å²) in [5.41, 5.74) is 1.27. The molecule has 154 valence electrons. The molecule has 1 aromatic carbocycles. The van der Waals surface area contributed by atoms with E-state index in [9.17, 15) is 8.42 Å². The van der Waals surface area contributed by atoms with E-state index in [1.807, 2.05) is 13.0 Å². The van der Waals surface area contributed by atoms with E-state index in [2.05, 4.69) is 65.9 Å². The zero-order valence-electron chi connectivity index (χ0n) is 16.0. The fourth-order valence-corrected chi connectivity index (χ4v) is 7.65. The minimum atomic E-state index is -3.47. The van der Waals surface area contributed by atoms with E-state index in [1.165, 1.54) is 21.3 Å². The summed E-state index contributed by atoms with van der Waals surface area (Å²) in [6.07, 6.45) is 0.814. The lowest BCUT2D eigenvalue weighted by molar-refractivity contribution is 0.232. The molecule has 1 aliphatic rings. The normalized spacial score (nSPS) is 17.2. The molecule has 9 heteroatoms. The van der Waals surface area contributed by atoms with Crippen molar-refractivity contribution in [3.05, 3.63) is 44.7 Å². The van der Waals surface area contributed by atoms with Gasteiger partial charge in [0.15, 0.2) is 0 Å². The molecule has 0 unspecified atom stereocenters. The van der Waals surface area contributed by atoms with Crippen molar-refractivity contribution < 1.29 is 8.42 Å². The van der Waals surface area contributed by atoms with Gasteiger partial charge in [-0.25, -0.2) is 8.42 Å². The third-order valence-corrected chi connectivity index (χ3v) is 10.9. The van der Waals surface area contributed by atoms with E-state index in [0.29, 0.717) is 4.21 Å². The Bertz CT molecular complexity index is 862. The molecule has 0 aliphatic carbocycles. The maximum atomic E-state index is 12.9. The van der Waals surface area contributed by atoms with E-state index >= 15 is 0 Å². The van der Waals surface area contributed by atoms with Crippen LogP contribution in [0.4, 0.5) is 5.69 Å². The second kappa shape index (κ2) is 9.57. The van der Waals surface area contributed by atoms with Crippen molar-refractivity contribution in [2.24, 2.45) is 0 Å². The Labute approximate surface area is 188 Å². The summed E-state index contributed by atoms with van der Waals surface area (Å²) in [7, 11) is -1.80. The molecular weight excluding hydrogens is 526 g/mol. The van der Waals surface area contributed by atoms with Crippen LogP contribution in [0.15, 0.2) is 48.9 Å². The lowest BCUT2D eigenvalue weighted by Crippen LogP contribution is -2.47. The summed E-state index contributed by atoms with van der Waals surface area (Å²) in [6, 6.07) is 12.1. The number of benzene rings is 1. The number of nitrogens with zero attached hydrogens (tertiary/aromatic N) is 3. The van der Waals surface area contributed by atoms with Crippen molar-refractivity contribution in [2.75, 3.05) is 44.7 Å². The van der Waals surface area contributed by atoms with E-state index in [1.54, 1.807) is 13.1 Å². The van der Waals surface area contributed by atoms with Gasteiger partial charge in [-0.1, -0.05) is 18.2 Å². The molecule has 3 rings (SSSR count). The van der Waals surface area contributed by atoms with Crippen LogP contribution in [0.25, 0.3) is 0 Å². The van der Waals surface area contributed by atoms with Crippen molar-refractivity contribution >= 4 is 58.9 Å². The van der Waals surface area contributed by atoms with Crippen molar-refractivity contribution in [2.45, 2.75) is 23.6 Å². The maximum absolute atomic E-state index is 12.9. The van der Waals surface area contributed by atoms with Gasteiger partial charge in [0.25, 0.3) is 10.0 Å². The number of sulfonamides is 1. The average molecular weight is 551 g/mol. The minimum Gasteiger partial charge on any atom is -0.369 e. The molecule has 0 saturated carbocycles. The highest BCUT2D eigenvalue weighted by Crippen LogP contribution is 2.36. The number of hydrogen-bond acceptors (Lipinski definition) is 5. The third-order valence-electron chi connectivity index (χ3n) is 5.23. The monoisotopic (exact) mass is 549 g/mol. The second-order valence-electron chi connectivity index (χ2n) is 7.01. The lowest BCUT2D eigenvalue weighted by atomic mass is 10.2. The quantitative estimate of drug-likeness (QED) is 0.509. The zero-order chi connectivity index (χ0) is 20.3. The van der Waals surface area contributed by atoms with Crippen molar-refractivity contribution in [3.8, 4) is 0 Å². The molecule has 0 spiro atoms. The standard InChI is InChI=1S/C19H25Br2N3O2S2/c1-15(22(2)28(25,26)18-14-17(20)19(21)27-18)8-9-23-10-12-24(13-11-23)16-6-4-3-5-7-16/h3-7,14-15H,8-13H2,1-2H3/t15-/m1/s1. The van der Waals surface area contributed by atoms with Gasteiger partial charge in [-0.15, -0.1) is 11.3 Å². The van der Waals surface area contributed by atoms with Gasteiger partial charge >= 0.3 is 0 Å². The number of para-hydroxylation sites is 1. The molecule has 0 bridgehead atoms. The van der Waals surface area contributed by atoms with Gasteiger partial charge in [0.1, 0.15) is 4.21 Å². The molecule has 2 heterocycles. The Morgan fingerprint density at radius 3 is 2.36 bits per heavy atom. The highest BCUT2D eigenvalue weighted by atomic mass is 79.9. The first-order chi connectivity index (χ1) is 13.3. The Morgan fingerprint density at radius 2 is 1.79 bits per heavy atom. The molecule has 1 aliphatic heterocycles. The van der Waals surface area contributed by atoms with Gasteiger partial charge < -0.3 is 4.90 Å². The van der Waals surface area contributed by atoms with Crippen LogP contribution in [0.5, 0.6) is 0 Å². The summed E-state index contributed by atoms with van der Waals surface area (Å²) < 4.78 is 29.2. The van der Waals surface area contributed by atoms with Crippen LogP contribution in [0, 0.1) is 0 Å². The number of thiophene rings is 1. The van der Waals surface area contributed by atoms with Gasteiger partial charge in [-0.05, 0) is 69.9 Å². The zero-order valence-corrected chi connectivity index (χ0v) is 20.8. The molecule has 0 N–H and O–H groups in total. The Hall–Kier alpha value is -0.450. The summed E-state index contributed by atoms with van der Waals surface area (Å²) in [4.78, 5) is 4.83. The maximum Gasteiger partial charge on any atom is 0.252 e. The van der Waals surface area contributed by atoms with E-state index in [4.69, 9.17) is 0 Å². The summed E-state index contributed by atoms with van der Waals surface area (Å²) in [5, 5.41) is 0. The Balaban J connectivity index is 1.51. The van der Waals surface area contributed by atoms with Crippen LogP contribution in [0.1, 0.15) is 13.3 Å².